The summed E-state index contributed by atoms with van der Waals surface area (Å²) in [4.78, 5) is 25.8. The summed E-state index contributed by atoms with van der Waals surface area (Å²) in [6, 6.07) is 0.272. The fourth-order valence-corrected chi connectivity index (χ4v) is 1.89. The van der Waals surface area contributed by atoms with Crippen LogP contribution in [0.15, 0.2) is 9.59 Å². The Morgan fingerprint density at radius 1 is 1.13 bits per heavy atom. The molecule has 6 nitrogen and oxygen atoms in total. The highest BCUT2D eigenvalue weighted by Crippen LogP contribution is 2.19. The van der Waals surface area contributed by atoms with Gasteiger partial charge in [0.25, 0.3) is 0 Å². The van der Waals surface area contributed by atoms with Crippen molar-refractivity contribution >= 4 is 5.82 Å². The van der Waals surface area contributed by atoms with Crippen molar-refractivity contribution < 1.29 is 0 Å². The van der Waals surface area contributed by atoms with Gasteiger partial charge in [0.1, 0.15) is 0 Å². The van der Waals surface area contributed by atoms with Gasteiger partial charge in [0.2, 0.25) is 0 Å². The van der Waals surface area contributed by atoms with Crippen LogP contribution in [-0.2, 0) is 0 Å². The summed E-state index contributed by atoms with van der Waals surface area (Å²) in [5.41, 5.74) is -0.909. The summed E-state index contributed by atoms with van der Waals surface area (Å²) in [6.45, 7) is 0. The molecule has 1 heterocycles. The zero-order valence-corrected chi connectivity index (χ0v) is 8.38. The Morgan fingerprint density at radius 3 is 2.60 bits per heavy atom. The van der Waals surface area contributed by atoms with Gasteiger partial charge >= 0.3 is 11.2 Å². The number of H-pyrrole nitrogens is 2. The Labute approximate surface area is 86.1 Å². The number of hydrogen-bond donors (Lipinski definition) is 3. The monoisotopic (exact) mass is 210 g/mol. The molecule has 0 radical (unpaired) electrons. The predicted molar refractivity (Wildman–Crippen MR) is 56.0 cm³/mol. The molecule has 0 bridgehead atoms. The van der Waals surface area contributed by atoms with E-state index in [9.17, 15) is 9.59 Å². The lowest BCUT2D eigenvalue weighted by molar-refractivity contribution is 0.461. The first-order chi connectivity index (χ1) is 7.25. The van der Waals surface area contributed by atoms with E-state index in [-0.39, 0.29) is 17.4 Å². The van der Waals surface area contributed by atoms with Gasteiger partial charge in [-0.05, 0) is 12.8 Å². The summed E-state index contributed by atoms with van der Waals surface area (Å²) in [5, 5.41) is 7.39. The van der Waals surface area contributed by atoms with Crippen LogP contribution in [0, 0.1) is 0 Å². The van der Waals surface area contributed by atoms with Crippen LogP contribution in [0.3, 0.4) is 0 Å². The van der Waals surface area contributed by atoms with Crippen molar-refractivity contribution in [2.24, 2.45) is 0 Å². The average Bonchev–Trinajstić information content (AvgIpc) is 2.25. The molecule has 1 aliphatic rings. The van der Waals surface area contributed by atoms with Crippen molar-refractivity contribution in [3.05, 3.63) is 20.8 Å². The highest BCUT2D eigenvalue weighted by molar-refractivity contribution is 5.30. The number of nitrogens with one attached hydrogen (secondary N) is 3. The minimum absolute atomic E-state index is 0.130. The molecule has 0 spiro atoms. The molecular formula is C9H14N4O2. The Kier molecular flexibility index (Phi) is 2.84. The zero-order chi connectivity index (χ0) is 10.7. The van der Waals surface area contributed by atoms with Crippen molar-refractivity contribution in [1.29, 1.82) is 0 Å². The normalized spacial score (nSPS) is 17.6. The van der Waals surface area contributed by atoms with E-state index in [1.165, 1.54) is 19.3 Å². The smallest absolute Gasteiger partial charge is 0.361 e. The maximum atomic E-state index is 11.3. The van der Waals surface area contributed by atoms with Crippen molar-refractivity contribution in [2.75, 3.05) is 5.32 Å². The van der Waals surface area contributed by atoms with Crippen LogP contribution in [0.5, 0.6) is 0 Å². The summed E-state index contributed by atoms with van der Waals surface area (Å²) in [5.74, 6) is 0.130. The number of aromatic amines is 2. The molecule has 1 aromatic heterocycles. The summed E-state index contributed by atoms with van der Waals surface area (Å²) < 4.78 is 0. The molecule has 2 rings (SSSR count). The molecular weight excluding hydrogens is 196 g/mol. The first kappa shape index (κ1) is 9.95. The molecule has 6 heteroatoms. The number of nitrogens with zero attached hydrogens (tertiary/aromatic N) is 1. The van der Waals surface area contributed by atoms with Crippen molar-refractivity contribution in [3.63, 3.8) is 0 Å². The van der Waals surface area contributed by atoms with Crippen LogP contribution < -0.4 is 16.6 Å². The molecule has 1 aromatic rings. The SMILES string of the molecule is O=c1nc(NC2CCCCC2)c(=O)[nH][nH]1. The fraction of sp³-hybridized carbons (Fsp3) is 0.667. The highest BCUT2D eigenvalue weighted by atomic mass is 16.2. The van der Waals surface area contributed by atoms with Crippen LogP contribution in [0.4, 0.5) is 5.82 Å². The van der Waals surface area contributed by atoms with E-state index in [0.717, 1.165) is 12.8 Å². The van der Waals surface area contributed by atoms with E-state index in [4.69, 9.17) is 0 Å². The van der Waals surface area contributed by atoms with E-state index < -0.39 is 5.69 Å². The van der Waals surface area contributed by atoms with Gasteiger partial charge in [0.05, 0.1) is 0 Å². The van der Waals surface area contributed by atoms with E-state index in [0.29, 0.717) is 0 Å². The van der Waals surface area contributed by atoms with Crippen molar-refractivity contribution in [3.8, 4) is 0 Å². The van der Waals surface area contributed by atoms with Crippen LogP contribution in [0.25, 0.3) is 0 Å². The molecule has 82 valence electrons. The number of aromatic nitrogens is 3. The second-order valence-corrected chi connectivity index (χ2v) is 3.82. The molecule has 0 atom stereocenters. The topological polar surface area (TPSA) is 90.6 Å². The molecule has 3 N–H and O–H groups in total. The molecule has 0 saturated heterocycles. The third-order valence-corrected chi connectivity index (χ3v) is 2.66. The van der Waals surface area contributed by atoms with Gasteiger partial charge in [-0.3, -0.25) is 9.89 Å². The molecule has 0 aliphatic heterocycles. The standard InChI is InChI=1S/C9H14N4O2/c14-8-7(11-9(15)13-12-8)10-6-4-2-1-3-5-6/h6H,1-5H2,(H,12,14)(H2,10,11,13,15). The van der Waals surface area contributed by atoms with E-state index in [1.54, 1.807) is 0 Å². The van der Waals surface area contributed by atoms with Gasteiger partial charge in [-0.1, -0.05) is 19.3 Å². The van der Waals surface area contributed by atoms with E-state index in [2.05, 4.69) is 20.5 Å². The largest absolute Gasteiger partial charge is 0.363 e. The summed E-state index contributed by atoms with van der Waals surface area (Å²) in [6.07, 6.45) is 5.65. The van der Waals surface area contributed by atoms with Gasteiger partial charge in [-0.15, -0.1) is 0 Å². The van der Waals surface area contributed by atoms with E-state index >= 15 is 0 Å². The molecule has 0 aromatic carbocycles. The number of hydrogen-bond acceptors (Lipinski definition) is 4. The van der Waals surface area contributed by atoms with Gasteiger partial charge in [-0.2, -0.15) is 4.98 Å². The quantitative estimate of drug-likeness (QED) is 0.650. The lowest BCUT2D eigenvalue weighted by atomic mass is 9.96. The maximum absolute atomic E-state index is 11.3. The maximum Gasteiger partial charge on any atom is 0.361 e. The summed E-state index contributed by atoms with van der Waals surface area (Å²) >= 11 is 0. The molecule has 15 heavy (non-hydrogen) atoms. The van der Waals surface area contributed by atoms with E-state index in [1.807, 2.05) is 0 Å². The van der Waals surface area contributed by atoms with Crippen LogP contribution in [0.2, 0.25) is 0 Å². The minimum Gasteiger partial charge on any atom is -0.363 e. The van der Waals surface area contributed by atoms with Gasteiger partial charge in [-0.25, -0.2) is 9.89 Å². The first-order valence-corrected chi connectivity index (χ1v) is 5.21. The second-order valence-electron chi connectivity index (χ2n) is 3.82. The van der Waals surface area contributed by atoms with Crippen molar-refractivity contribution in [1.82, 2.24) is 15.2 Å². The molecule has 0 unspecified atom stereocenters. The number of rotatable bonds is 2. The molecule has 1 fully saturated rings. The predicted octanol–water partition coefficient (Wildman–Crippen LogP) is 0.203. The molecule has 1 aliphatic carbocycles. The Morgan fingerprint density at radius 2 is 1.87 bits per heavy atom. The third kappa shape index (κ3) is 2.45. The zero-order valence-electron chi connectivity index (χ0n) is 8.38. The Bertz CT molecular complexity index is 430. The van der Waals surface area contributed by atoms with Crippen LogP contribution >= 0.6 is 0 Å². The van der Waals surface area contributed by atoms with Crippen molar-refractivity contribution in [2.45, 2.75) is 38.1 Å². The van der Waals surface area contributed by atoms with Crippen LogP contribution in [-0.4, -0.2) is 21.2 Å². The highest BCUT2D eigenvalue weighted by Gasteiger charge is 2.14. The molecule has 1 saturated carbocycles. The number of anilines is 1. The summed E-state index contributed by atoms with van der Waals surface area (Å²) in [7, 11) is 0. The third-order valence-electron chi connectivity index (χ3n) is 2.66. The minimum atomic E-state index is -0.534. The van der Waals surface area contributed by atoms with Crippen LogP contribution in [0.1, 0.15) is 32.1 Å². The fourth-order valence-electron chi connectivity index (χ4n) is 1.89. The molecule has 0 amide bonds. The Hall–Kier alpha value is -1.59. The lowest BCUT2D eigenvalue weighted by Gasteiger charge is -2.22. The van der Waals surface area contributed by atoms with Gasteiger partial charge < -0.3 is 5.32 Å². The Balaban J connectivity index is 2.12. The van der Waals surface area contributed by atoms with Gasteiger partial charge in [0, 0.05) is 6.04 Å². The first-order valence-electron chi connectivity index (χ1n) is 5.21. The van der Waals surface area contributed by atoms with Gasteiger partial charge in [0.15, 0.2) is 5.82 Å². The lowest BCUT2D eigenvalue weighted by Crippen LogP contribution is -2.31. The second kappa shape index (κ2) is 4.29. The average molecular weight is 210 g/mol.